The fourth-order valence-corrected chi connectivity index (χ4v) is 1.48. The van der Waals surface area contributed by atoms with E-state index in [0.717, 1.165) is 0 Å². The van der Waals surface area contributed by atoms with Crippen molar-refractivity contribution < 1.29 is 9.50 Å². The Labute approximate surface area is 98.5 Å². The van der Waals surface area contributed by atoms with Crippen LogP contribution in [0, 0.1) is 17.1 Å². The monoisotopic (exact) mass is 242 g/mol. The number of hydrogen-bond donors (Lipinski definition) is 2. The van der Waals surface area contributed by atoms with Crippen LogP contribution in [0.4, 0.5) is 4.39 Å². The van der Waals surface area contributed by atoms with Crippen LogP contribution in [-0.2, 0) is 0 Å². The summed E-state index contributed by atoms with van der Waals surface area (Å²) in [6, 6.07) is 5.75. The van der Waals surface area contributed by atoms with Crippen molar-refractivity contribution in [3.63, 3.8) is 0 Å². The zero-order chi connectivity index (χ0) is 12.0. The Morgan fingerprint density at radius 3 is 2.94 bits per heavy atom. The summed E-state index contributed by atoms with van der Waals surface area (Å²) >= 11 is 5.62. The van der Waals surface area contributed by atoms with Gasteiger partial charge in [-0.05, 0) is 19.0 Å². The summed E-state index contributed by atoms with van der Waals surface area (Å²) < 4.78 is 13.6. The molecule has 1 unspecified atom stereocenters. The standard InChI is InChI=1S/C11H12ClFN2O/c12-9-4-1-3-8(11(9)13)10(7-14)15-5-2-6-16/h1,3-4,10,15-16H,2,5-6H2. The number of aliphatic hydroxyl groups excluding tert-OH is 1. The van der Waals surface area contributed by atoms with Crippen LogP contribution in [0.15, 0.2) is 18.2 Å². The van der Waals surface area contributed by atoms with E-state index in [4.69, 9.17) is 22.0 Å². The molecule has 0 heterocycles. The molecule has 0 radical (unpaired) electrons. The third-order valence-electron chi connectivity index (χ3n) is 2.10. The first-order chi connectivity index (χ1) is 7.70. The van der Waals surface area contributed by atoms with Gasteiger partial charge in [0.25, 0.3) is 0 Å². The summed E-state index contributed by atoms with van der Waals surface area (Å²) in [4.78, 5) is 0. The third kappa shape index (κ3) is 3.17. The van der Waals surface area contributed by atoms with E-state index < -0.39 is 11.9 Å². The molecule has 0 bridgehead atoms. The van der Waals surface area contributed by atoms with Gasteiger partial charge in [-0.25, -0.2) is 4.39 Å². The minimum atomic E-state index is -0.745. The van der Waals surface area contributed by atoms with Gasteiger partial charge in [-0.15, -0.1) is 0 Å². The van der Waals surface area contributed by atoms with Gasteiger partial charge in [0, 0.05) is 12.2 Å². The van der Waals surface area contributed by atoms with Crippen LogP contribution < -0.4 is 5.32 Å². The molecule has 1 aromatic rings. The average molecular weight is 243 g/mol. The first-order valence-corrected chi connectivity index (χ1v) is 5.26. The van der Waals surface area contributed by atoms with E-state index in [-0.39, 0.29) is 17.2 Å². The van der Waals surface area contributed by atoms with Crippen LogP contribution in [0.3, 0.4) is 0 Å². The lowest BCUT2D eigenvalue weighted by molar-refractivity contribution is 0.285. The zero-order valence-corrected chi connectivity index (χ0v) is 9.34. The molecule has 0 fully saturated rings. The molecule has 1 aromatic carbocycles. The molecule has 0 aliphatic rings. The van der Waals surface area contributed by atoms with Gasteiger partial charge in [-0.3, -0.25) is 5.32 Å². The molecule has 2 N–H and O–H groups in total. The van der Waals surface area contributed by atoms with Gasteiger partial charge in [0.05, 0.1) is 11.1 Å². The summed E-state index contributed by atoms with van der Waals surface area (Å²) in [5.74, 6) is -0.577. The molecule has 16 heavy (non-hydrogen) atoms. The molecule has 5 heteroatoms. The molecule has 3 nitrogen and oxygen atoms in total. The highest BCUT2D eigenvalue weighted by Crippen LogP contribution is 2.22. The average Bonchev–Trinajstić information content (AvgIpc) is 2.29. The number of benzene rings is 1. The maximum Gasteiger partial charge on any atom is 0.147 e. The normalized spacial score (nSPS) is 12.1. The van der Waals surface area contributed by atoms with Gasteiger partial charge in [-0.1, -0.05) is 23.7 Å². The molecule has 86 valence electrons. The van der Waals surface area contributed by atoms with Crippen molar-refractivity contribution in [2.75, 3.05) is 13.2 Å². The first-order valence-electron chi connectivity index (χ1n) is 4.88. The molecular formula is C11H12ClFN2O. The largest absolute Gasteiger partial charge is 0.396 e. The number of nitrogens with zero attached hydrogens (tertiary/aromatic N) is 1. The molecule has 0 aliphatic heterocycles. The van der Waals surface area contributed by atoms with Gasteiger partial charge in [-0.2, -0.15) is 5.26 Å². The Bertz CT molecular complexity index is 392. The topological polar surface area (TPSA) is 56.0 Å². The van der Waals surface area contributed by atoms with Crippen molar-refractivity contribution in [3.8, 4) is 6.07 Å². The molecular weight excluding hydrogens is 231 g/mol. The first kappa shape index (κ1) is 12.9. The second kappa shape index (κ2) is 6.44. The summed E-state index contributed by atoms with van der Waals surface area (Å²) in [6.45, 7) is 0.476. The van der Waals surface area contributed by atoms with E-state index in [1.54, 1.807) is 6.07 Å². The smallest absolute Gasteiger partial charge is 0.147 e. The minimum Gasteiger partial charge on any atom is -0.396 e. The van der Waals surface area contributed by atoms with Crippen LogP contribution in [0.25, 0.3) is 0 Å². The van der Waals surface area contributed by atoms with Crippen LogP contribution in [0.1, 0.15) is 18.0 Å². The maximum atomic E-state index is 13.6. The minimum absolute atomic E-state index is 0.00158. The molecule has 1 atom stereocenters. The lowest BCUT2D eigenvalue weighted by Gasteiger charge is -2.12. The van der Waals surface area contributed by atoms with E-state index in [9.17, 15) is 4.39 Å². The van der Waals surface area contributed by atoms with Crippen molar-refractivity contribution in [1.29, 1.82) is 5.26 Å². The Balaban J connectivity index is 2.80. The van der Waals surface area contributed by atoms with Crippen molar-refractivity contribution in [2.45, 2.75) is 12.5 Å². The number of rotatable bonds is 5. The van der Waals surface area contributed by atoms with Gasteiger partial charge in [0.2, 0.25) is 0 Å². The van der Waals surface area contributed by atoms with Gasteiger partial charge in [0.15, 0.2) is 0 Å². The van der Waals surface area contributed by atoms with Crippen molar-refractivity contribution in [1.82, 2.24) is 5.32 Å². The Kier molecular flexibility index (Phi) is 5.20. The van der Waals surface area contributed by atoms with Crippen LogP contribution in [-0.4, -0.2) is 18.3 Å². The molecule has 0 saturated carbocycles. The number of nitriles is 1. The number of aliphatic hydroxyl groups is 1. The Morgan fingerprint density at radius 2 is 2.31 bits per heavy atom. The molecule has 0 amide bonds. The molecule has 0 spiro atoms. The molecule has 0 saturated heterocycles. The van der Waals surface area contributed by atoms with Crippen molar-refractivity contribution in [3.05, 3.63) is 34.6 Å². The van der Waals surface area contributed by atoms with E-state index in [1.807, 2.05) is 6.07 Å². The Morgan fingerprint density at radius 1 is 1.56 bits per heavy atom. The Hall–Kier alpha value is -1.15. The number of halogens is 2. The fraction of sp³-hybridized carbons (Fsp3) is 0.364. The lowest BCUT2D eigenvalue weighted by Crippen LogP contribution is -2.22. The van der Waals surface area contributed by atoms with Gasteiger partial charge in [0.1, 0.15) is 11.9 Å². The predicted octanol–water partition coefficient (Wildman–Crippen LogP) is 2.02. The third-order valence-corrected chi connectivity index (χ3v) is 2.40. The summed E-state index contributed by atoms with van der Waals surface area (Å²) in [5, 5.41) is 20.3. The quantitative estimate of drug-likeness (QED) is 0.777. The highest BCUT2D eigenvalue weighted by Gasteiger charge is 2.15. The molecule has 1 rings (SSSR count). The van der Waals surface area contributed by atoms with E-state index >= 15 is 0 Å². The SMILES string of the molecule is N#CC(NCCCO)c1cccc(Cl)c1F. The van der Waals surface area contributed by atoms with Crippen LogP contribution >= 0.6 is 11.6 Å². The van der Waals surface area contributed by atoms with Gasteiger partial charge < -0.3 is 5.11 Å². The molecule has 0 aliphatic carbocycles. The number of hydrogen-bond acceptors (Lipinski definition) is 3. The zero-order valence-electron chi connectivity index (χ0n) is 8.58. The van der Waals surface area contributed by atoms with Crippen LogP contribution in [0.2, 0.25) is 5.02 Å². The van der Waals surface area contributed by atoms with Crippen molar-refractivity contribution >= 4 is 11.6 Å². The second-order valence-corrected chi connectivity index (χ2v) is 3.64. The molecule has 0 aromatic heterocycles. The highest BCUT2D eigenvalue weighted by atomic mass is 35.5. The van der Waals surface area contributed by atoms with E-state index in [0.29, 0.717) is 13.0 Å². The summed E-state index contributed by atoms with van der Waals surface area (Å²) in [7, 11) is 0. The fourth-order valence-electron chi connectivity index (χ4n) is 1.29. The number of nitrogens with one attached hydrogen (secondary N) is 1. The second-order valence-electron chi connectivity index (χ2n) is 3.24. The maximum absolute atomic E-state index is 13.6. The van der Waals surface area contributed by atoms with E-state index in [2.05, 4.69) is 5.32 Å². The van der Waals surface area contributed by atoms with Gasteiger partial charge >= 0.3 is 0 Å². The van der Waals surface area contributed by atoms with Crippen LogP contribution in [0.5, 0.6) is 0 Å². The van der Waals surface area contributed by atoms with Crippen molar-refractivity contribution in [2.24, 2.45) is 0 Å². The lowest BCUT2D eigenvalue weighted by atomic mass is 10.1. The predicted molar refractivity (Wildman–Crippen MR) is 59.5 cm³/mol. The highest BCUT2D eigenvalue weighted by molar-refractivity contribution is 6.30. The summed E-state index contributed by atoms with van der Waals surface area (Å²) in [5.41, 5.74) is 0.230. The van der Waals surface area contributed by atoms with E-state index in [1.165, 1.54) is 12.1 Å². The summed E-state index contributed by atoms with van der Waals surface area (Å²) in [6.07, 6.45) is 0.514.